The molecule has 0 saturated heterocycles. The predicted octanol–water partition coefficient (Wildman–Crippen LogP) is 2.95. The minimum absolute atomic E-state index is 0.0652. The molecule has 28 heavy (non-hydrogen) atoms. The molecule has 0 fully saturated rings. The summed E-state index contributed by atoms with van der Waals surface area (Å²) in [6.07, 6.45) is 3.69. The average Bonchev–Trinajstić information content (AvgIpc) is 3.23. The molecule has 0 saturated carbocycles. The van der Waals surface area contributed by atoms with Crippen LogP contribution >= 0.6 is 0 Å². The minimum Gasteiger partial charge on any atom is -0.337 e. The lowest BCUT2D eigenvalue weighted by Gasteiger charge is -2.17. The van der Waals surface area contributed by atoms with Crippen molar-refractivity contribution >= 4 is 16.9 Å². The van der Waals surface area contributed by atoms with Crippen molar-refractivity contribution < 1.29 is 4.79 Å². The predicted molar refractivity (Wildman–Crippen MR) is 108 cm³/mol. The number of rotatable bonds is 4. The van der Waals surface area contributed by atoms with Crippen molar-refractivity contribution in [1.82, 2.24) is 29.4 Å². The minimum atomic E-state index is -0.0652. The second-order valence-electron chi connectivity index (χ2n) is 7.01. The van der Waals surface area contributed by atoms with Crippen LogP contribution in [-0.2, 0) is 20.6 Å². The van der Waals surface area contributed by atoms with E-state index >= 15 is 0 Å². The third-order valence-electron chi connectivity index (χ3n) is 4.79. The van der Waals surface area contributed by atoms with Gasteiger partial charge in [0.2, 0.25) is 0 Å². The maximum atomic E-state index is 13.3. The normalized spacial score (nSPS) is 11.1. The van der Waals surface area contributed by atoms with Crippen LogP contribution in [0.15, 0.2) is 48.8 Å². The number of hydrogen-bond acceptors (Lipinski definition) is 4. The Morgan fingerprint density at radius 1 is 1.18 bits per heavy atom. The molecule has 0 unspecified atom stereocenters. The Morgan fingerprint density at radius 2 is 1.93 bits per heavy atom. The number of hydrogen-bond donors (Lipinski definition) is 0. The van der Waals surface area contributed by atoms with Gasteiger partial charge in [-0.05, 0) is 13.0 Å². The number of nitrogens with zero attached hydrogens (tertiary/aromatic N) is 6. The second-order valence-corrected chi connectivity index (χ2v) is 7.01. The van der Waals surface area contributed by atoms with E-state index < -0.39 is 0 Å². The van der Waals surface area contributed by atoms with Crippen molar-refractivity contribution in [2.75, 3.05) is 7.05 Å². The van der Waals surface area contributed by atoms with Gasteiger partial charge in [-0.1, -0.05) is 30.3 Å². The smallest absolute Gasteiger partial charge is 0.254 e. The summed E-state index contributed by atoms with van der Waals surface area (Å²) < 4.78 is 3.46. The first-order valence-electron chi connectivity index (χ1n) is 9.07. The average molecular weight is 374 g/mol. The highest BCUT2D eigenvalue weighted by Gasteiger charge is 2.22. The van der Waals surface area contributed by atoms with Crippen LogP contribution in [0.3, 0.4) is 0 Å². The van der Waals surface area contributed by atoms with E-state index in [0.29, 0.717) is 17.8 Å². The molecule has 0 bridgehead atoms. The highest BCUT2D eigenvalue weighted by Crippen LogP contribution is 2.27. The SMILES string of the molecule is Cc1nn(C)c2nc(-c3ccccc3)cc(C(=O)N(C)Cc3cnn(C)c3)c12. The summed E-state index contributed by atoms with van der Waals surface area (Å²) in [5.74, 6) is -0.0652. The van der Waals surface area contributed by atoms with E-state index in [9.17, 15) is 4.79 Å². The number of carbonyl (C=O) groups is 1. The van der Waals surface area contributed by atoms with Gasteiger partial charge in [0.1, 0.15) is 0 Å². The molecule has 0 aliphatic heterocycles. The number of aryl methyl sites for hydroxylation is 3. The molecule has 0 N–H and O–H groups in total. The van der Waals surface area contributed by atoms with Crippen LogP contribution < -0.4 is 0 Å². The van der Waals surface area contributed by atoms with Gasteiger partial charge < -0.3 is 4.90 Å². The van der Waals surface area contributed by atoms with Gasteiger partial charge in [-0.3, -0.25) is 14.2 Å². The van der Waals surface area contributed by atoms with E-state index in [4.69, 9.17) is 4.98 Å². The largest absolute Gasteiger partial charge is 0.337 e. The van der Waals surface area contributed by atoms with Crippen molar-refractivity contribution in [2.45, 2.75) is 13.5 Å². The molecule has 1 aromatic carbocycles. The van der Waals surface area contributed by atoms with E-state index in [1.165, 1.54) is 0 Å². The van der Waals surface area contributed by atoms with E-state index in [1.54, 1.807) is 27.5 Å². The Kier molecular flexibility index (Phi) is 4.43. The Labute approximate surface area is 163 Å². The fourth-order valence-electron chi connectivity index (χ4n) is 3.48. The molecule has 7 heteroatoms. The maximum Gasteiger partial charge on any atom is 0.254 e. The zero-order chi connectivity index (χ0) is 19.8. The van der Waals surface area contributed by atoms with Gasteiger partial charge in [0.05, 0.1) is 28.5 Å². The molecule has 0 atom stereocenters. The van der Waals surface area contributed by atoms with Crippen molar-refractivity contribution in [2.24, 2.45) is 14.1 Å². The number of aromatic nitrogens is 5. The Morgan fingerprint density at radius 3 is 2.61 bits per heavy atom. The van der Waals surface area contributed by atoms with E-state index in [2.05, 4.69) is 10.2 Å². The highest BCUT2D eigenvalue weighted by atomic mass is 16.2. The molecular formula is C21H22N6O. The first kappa shape index (κ1) is 17.9. The molecule has 0 aliphatic carbocycles. The summed E-state index contributed by atoms with van der Waals surface area (Å²) in [6, 6.07) is 11.7. The molecule has 3 heterocycles. The first-order valence-corrected chi connectivity index (χ1v) is 9.07. The van der Waals surface area contributed by atoms with Gasteiger partial charge in [-0.15, -0.1) is 0 Å². The third-order valence-corrected chi connectivity index (χ3v) is 4.79. The van der Waals surface area contributed by atoms with Crippen LogP contribution in [0.2, 0.25) is 0 Å². The molecule has 1 amide bonds. The topological polar surface area (TPSA) is 68.8 Å². The Balaban J connectivity index is 1.81. The van der Waals surface area contributed by atoms with Crippen molar-refractivity contribution in [1.29, 1.82) is 0 Å². The van der Waals surface area contributed by atoms with Crippen molar-refractivity contribution in [3.63, 3.8) is 0 Å². The maximum absolute atomic E-state index is 13.3. The lowest BCUT2D eigenvalue weighted by atomic mass is 10.0. The van der Waals surface area contributed by atoms with E-state index in [1.807, 2.05) is 63.6 Å². The summed E-state index contributed by atoms with van der Waals surface area (Å²) in [5, 5.41) is 9.46. The molecule has 4 aromatic rings. The van der Waals surface area contributed by atoms with E-state index in [-0.39, 0.29) is 5.91 Å². The summed E-state index contributed by atoms with van der Waals surface area (Å²) in [6.45, 7) is 2.39. The molecule has 3 aromatic heterocycles. The zero-order valence-electron chi connectivity index (χ0n) is 16.4. The molecular weight excluding hydrogens is 352 g/mol. The quantitative estimate of drug-likeness (QED) is 0.551. The lowest BCUT2D eigenvalue weighted by Crippen LogP contribution is -2.26. The van der Waals surface area contributed by atoms with Gasteiger partial charge in [0, 0.05) is 45.0 Å². The molecule has 4 rings (SSSR count). The van der Waals surface area contributed by atoms with Gasteiger partial charge in [-0.2, -0.15) is 10.2 Å². The van der Waals surface area contributed by atoms with Crippen molar-refractivity contribution in [3.05, 3.63) is 65.6 Å². The molecule has 0 radical (unpaired) electrons. The fourth-order valence-corrected chi connectivity index (χ4v) is 3.48. The van der Waals surface area contributed by atoms with Crippen LogP contribution in [0.5, 0.6) is 0 Å². The number of benzene rings is 1. The highest BCUT2D eigenvalue weighted by molar-refractivity contribution is 6.07. The molecule has 142 valence electrons. The molecule has 0 spiro atoms. The van der Waals surface area contributed by atoms with Gasteiger partial charge in [0.15, 0.2) is 5.65 Å². The number of carbonyl (C=O) groups excluding carboxylic acids is 1. The molecule has 7 nitrogen and oxygen atoms in total. The van der Waals surface area contributed by atoms with Crippen LogP contribution in [0.25, 0.3) is 22.3 Å². The zero-order valence-corrected chi connectivity index (χ0v) is 16.4. The Hall–Kier alpha value is -3.48. The summed E-state index contributed by atoms with van der Waals surface area (Å²) in [5.41, 5.74) is 4.82. The summed E-state index contributed by atoms with van der Waals surface area (Å²) in [4.78, 5) is 19.8. The van der Waals surface area contributed by atoms with Crippen LogP contribution in [0.4, 0.5) is 0 Å². The standard InChI is InChI=1S/C21H22N6O/c1-14-19-17(21(28)25(2)12-15-11-22-26(3)13-15)10-18(16-8-6-5-7-9-16)23-20(19)27(4)24-14/h5-11,13H,12H2,1-4H3. The molecule has 0 aliphatic rings. The summed E-state index contributed by atoms with van der Waals surface area (Å²) >= 11 is 0. The second kappa shape index (κ2) is 6.92. The lowest BCUT2D eigenvalue weighted by molar-refractivity contribution is 0.0787. The van der Waals surface area contributed by atoms with Gasteiger partial charge in [-0.25, -0.2) is 4.98 Å². The van der Waals surface area contributed by atoms with Gasteiger partial charge >= 0.3 is 0 Å². The Bertz CT molecular complexity index is 1160. The number of amides is 1. The summed E-state index contributed by atoms with van der Waals surface area (Å²) in [7, 11) is 5.52. The number of pyridine rings is 1. The van der Waals surface area contributed by atoms with Gasteiger partial charge in [0.25, 0.3) is 5.91 Å². The van der Waals surface area contributed by atoms with E-state index in [0.717, 1.165) is 27.9 Å². The monoisotopic (exact) mass is 374 g/mol. The third kappa shape index (κ3) is 3.15. The number of fused-ring (bicyclic) bond motifs is 1. The van der Waals surface area contributed by atoms with Crippen LogP contribution in [0.1, 0.15) is 21.6 Å². The van der Waals surface area contributed by atoms with Crippen LogP contribution in [0, 0.1) is 6.92 Å². The first-order chi connectivity index (χ1) is 13.4. The fraction of sp³-hybridized carbons (Fsp3) is 0.238. The van der Waals surface area contributed by atoms with Crippen LogP contribution in [-0.4, -0.2) is 42.4 Å². The van der Waals surface area contributed by atoms with Crippen molar-refractivity contribution in [3.8, 4) is 11.3 Å².